The number of carbonyl (C=O) groups is 1. The highest BCUT2D eigenvalue weighted by atomic mass is 16.7. The first-order valence-electron chi connectivity index (χ1n) is 7.92. The fraction of sp³-hybridized carbons (Fsp3) is 0.316. The Morgan fingerprint density at radius 2 is 1.91 bits per heavy atom. The minimum atomic E-state index is 0.0853. The zero-order valence-electron chi connectivity index (χ0n) is 13.2. The van der Waals surface area contributed by atoms with Crippen LogP contribution in [0.5, 0.6) is 11.5 Å². The van der Waals surface area contributed by atoms with E-state index in [2.05, 4.69) is 24.4 Å². The minimum absolute atomic E-state index is 0.0853. The number of hydrogen-bond acceptors (Lipinski definition) is 3. The van der Waals surface area contributed by atoms with Crippen LogP contribution in [0.1, 0.15) is 30.4 Å². The van der Waals surface area contributed by atoms with Crippen LogP contribution in [0, 0.1) is 0 Å². The van der Waals surface area contributed by atoms with Crippen LogP contribution >= 0.6 is 0 Å². The van der Waals surface area contributed by atoms with Gasteiger partial charge in [0.15, 0.2) is 11.5 Å². The molecule has 1 N–H and O–H groups in total. The molecule has 1 aliphatic rings. The average Bonchev–Trinajstić information content (AvgIpc) is 3.03. The Morgan fingerprint density at radius 1 is 1.13 bits per heavy atom. The zero-order chi connectivity index (χ0) is 16.1. The van der Waals surface area contributed by atoms with Crippen molar-refractivity contribution in [3.05, 3.63) is 59.7 Å². The van der Waals surface area contributed by atoms with Crippen LogP contribution < -0.4 is 14.8 Å². The molecule has 3 rings (SSSR count). The van der Waals surface area contributed by atoms with Crippen LogP contribution in [-0.4, -0.2) is 19.2 Å². The third-order valence-corrected chi connectivity index (χ3v) is 4.03. The molecule has 2 aromatic rings. The number of rotatable bonds is 6. The molecule has 0 spiro atoms. The van der Waals surface area contributed by atoms with Crippen LogP contribution in [0.4, 0.5) is 0 Å². The third kappa shape index (κ3) is 4.03. The van der Waals surface area contributed by atoms with Gasteiger partial charge in [-0.15, -0.1) is 0 Å². The molecule has 0 fully saturated rings. The van der Waals surface area contributed by atoms with Gasteiger partial charge in [-0.05, 0) is 35.6 Å². The summed E-state index contributed by atoms with van der Waals surface area (Å²) in [5.41, 5.74) is 2.32. The summed E-state index contributed by atoms with van der Waals surface area (Å²) < 4.78 is 10.6. The lowest BCUT2D eigenvalue weighted by atomic mass is 9.97. The van der Waals surface area contributed by atoms with E-state index in [1.54, 1.807) is 0 Å². The summed E-state index contributed by atoms with van der Waals surface area (Å²) in [6, 6.07) is 16.0. The second kappa shape index (κ2) is 7.18. The number of benzene rings is 2. The molecule has 1 heterocycles. The Balaban J connectivity index is 1.44. The number of fused-ring (bicyclic) bond motifs is 1. The lowest BCUT2D eigenvalue weighted by molar-refractivity contribution is -0.121. The molecule has 0 saturated carbocycles. The van der Waals surface area contributed by atoms with E-state index >= 15 is 0 Å². The van der Waals surface area contributed by atoms with Gasteiger partial charge in [0.25, 0.3) is 0 Å². The topological polar surface area (TPSA) is 47.6 Å². The predicted octanol–water partition coefficient (Wildman–Crippen LogP) is 3.27. The summed E-state index contributed by atoms with van der Waals surface area (Å²) in [7, 11) is 0. The van der Waals surface area contributed by atoms with E-state index < -0.39 is 0 Å². The Hall–Kier alpha value is -2.49. The maximum atomic E-state index is 12.0. The van der Waals surface area contributed by atoms with Crippen molar-refractivity contribution in [1.82, 2.24) is 5.32 Å². The van der Waals surface area contributed by atoms with Crippen molar-refractivity contribution in [2.24, 2.45) is 0 Å². The molecule has 1 atom stereocenters. The Kier molecular flexibility index (Phi) is 4.81. The summed E-state index contributed by atoms with van der Waals surface area (Å²) in [6.45, 7) is 2.99. The van der Waals surface area contributed by atoms with Crippen molar-refractivity contribution in [2.45, 2.75) is 25.7 Å². The highest BCUT2D eigenvalue weighted by molar-refractivity contribution is 5.76. The second-order valence-corrected chi connectivity index (χ2v) is 5.80. The molecular formula is C19H21NO3. The first kappa shape index (κ1) is 15.4. The molecule has 0 aliphatic carbocycles. The van der Waals surface area contributed by atoms with E-state index in [4.69, 9.17) is 9.47 Å². The van der Waals surface area contributed by atoms with Crippen LogP contribution in [0.15, 0.2) is 48.5 Å². The molecule has 4 heteroatoms. The first-order chi connectivity index (χ1) is 11.2. The SMILES string of the molecule is CC(CC(=O)NCCc1ccc2c(c1)OCO2)c1ccccc1. The van der Waals surface area contributed by atoms with Crippen LogP contribution in [0.3, 0.4) is 0 Å². The quantitative estimate of drug-likeness (QED) is 0.890. The summed E-state index contributed by atoms with van der Waals surface area (Å²) in [6.07, 6.45) is 1.28. The van der Waals surface area contributed by atoms with E-state index in [0.717, 1.165) is 23.5 Å². The van der Waals surface area contributed by atoms with Crippen molar-refractivity contribution in [1.29, 1.82) is 0 Å². The molecule has 23 heavy (non-hydrogen) atoms. The standard InChI is InChI=1S/C19H21NO3/c1-14(16-5-3-2-4-6-16)11-19(21)20-10-9-15-7-8-17-18(12-15)23-13-22-17/h2-8,12,14H,9-11,13H2,1H3,(H,20,21). The maximum Gasteiger partial charge on any atom is 0.231 e. The minimum Gasteiger partial charge on any atom is -0.454 e. The molecule has 2 aromatic carbocycles. The van der Waals surface area contributed by atoms with Gasteiger partial charge in [-0.2, -0.15) is 0 Å². The highest BCUT2D eigenvalue weighted by Gasteiger charge is 2.13. The van der Waals surface area contributed by atoms with Crippen LogP contribution in [0.2, 0.25) is 0 Å². The first-order valence-corrected chi connectivity index (χ1v) is 7.92. The van der Waals surface area contributed by atoms with Gasteiger partial charge in [0, 0.05) is 13.0 Å². The van der Waals surface area contributed by atoms with Crippen molar-refractivity contribution in [3.8, 4) is 11.5 Å². The van der Waals surface area contributed by atoms with Gasteiger partial charge >= 0.3 is 0 Å². The predicted molar refractivity (Wildman–Crippen MR) is 88.8 cm³/mol. The van der Waals surface area contributed by atoms with Gasteiger partial charge in [-0.25, -0.2) is 0 Å². The third-order valence-electron chi connectivity index (χ3n) is 4.03. The van der Waals surface area contributed by atoms with E-state index in [1.165, 1.54) is 5.56 Å². The number of carbonyl (C=O) groups excluding carboxylic acids is 1. The number of hydrogen-bond donors (Lipinski definition) is 1. The van der Waals surface area contributed by atoms with Crippen molar-refractivity contribution >= 4 is 5.91 Å². The van der Waals surface area contributed by atoms with Crippen molar-refractivity contribution in [3.63, 3.8) is 0 Å². The second-order valence-electron chi connectivity index (χ2n) is 5.80. The monoisotopic (exact) mass is 311 g/mol. The Bertz CT molecular complexity index is 670. The number of amides is 1. The fourth-order valence-corrected chi connectivity index (χ4v) is 2.69. The molecular weight excluding hydrogens is 290 g/mol. The summed E-state index contributed by atoms with van der Waals surface area (Å²) >= 11 is 0. The molecule has 1 unspecified atom stereocenters. The van der Waals surface area contributed by atoms with E-state index in [9.17, 15) is 4.79 Å². The summed E-state index contributed by atoms with van der Waals surface area (Å²) in [5, 5.41) is 2.99. The van der Waals surface area contributed by atoms with Crippen molar-refractivity contribution < 1.29 is 14.3 Å². The lowest BCUT2D eigenvalue weighted by Gasteiger charge is -2.12. The fourth-order valence-electron chi connectivity index (χ4n) is 2.69. The average molecular weight is 311 g/mol. The van der Waals surface area contributed by atoms with E-state index in [1.807, 2.05) is 36.4 Å². The lowest BCUT2D eigenvalue weighted by Crippen LogP contribution is -2.26. The summed E-state index contributed by atoms with van der Waals surface area (Å²) in [4.78, 5) is 12.0. The molecule has 1 amide bonds. The zero-order valence-corrected chi connectivity index (χ0v) is 13.2. The number of ether oxygens (including phenoxy) is 2. The molecule has 120 valence electrons. The molecule has 0 saturated heterocycles. The van der Waals surface area contributed by atoms with E-state index in [0.29, 0.717) is 13.0 Å². The summed E-state index contributed by atoms with van der Waals surface area (Å²) in [5.74, 6) is 1.88. The largest absolute Gasteiger partial charge is 0.454 e. The van der Waals surface area contributed by atoms with E-state index in [-0.39, 0.29) is 18.6 Å². The molecule has 0 radical (unpaired) electrons. The van der Waals surface area contributed by atoms with Gasteiger partial charge in [0.1, 0.15) is 0 Å². The molecule has 0 bridgehead atoms. The Labute approximate surface area is 136 Å². The van der Waals surface area contributed by atoms with Gasteiger partial charge < -0.3 is 14.8 Å². The highest BCUT2D eigenvalue weighted by Crippen LogP contribution is 2.32. The molecule has 1 aliphatic heterocycles. The number of nitrogens with one attached hydrogen (secondary N) is 1. The van der Waals surface area contributed by atoms with Gasteiger partial charge in [-0.1, -0.05) is 43.3 Å². The Morgan fingerprint density at radius 3 is 2.74 bits per heavy atom. The molecule has 4 nitrogen and oxygen atoms in total. The van der Waals surface area contributed by atoms with Crippen molar-refractivity contribution in [2.75, 3.05) is 13.3 Å². The van der Waals surface area contributed by atoms with Crippen LogP contribution in [-0.2, 0) is 11.2 Å². The van der Waals surface area contributed by atoms with Crippen LogP contribution in [0.25, 0.3) is 0 Å². The normalized spacial score (nSPS) is 13.6. The molecule has 0 aromatic heterocycles. The smallest absolute Gasteiger partial charge is 0.231 e. The maximum absolute atomic E-state index is 12.0. The van der Waals surface area contributed by atoms with Gasteiger partial charge in [0.2, 0.25) is 12.7 Å². The van der Waals surface area contributed by atoms with Gasteiger partial charge in [-0.3, -0.25) is 4.79 Å². The van der Waals surface area contributed by atoms with Gasteiger partial charge in [0.05, 0.1) is 0 Å².